The summed E-state index contributed by atoms with van der Waals surface area (Å²) in [5.74, 6) is 0.919. The maximum absolute atomic E-state index is 12.7. The molecule has 2 heterocycles. The van der Waals surface area contributed by atoms with Gasteiger partial charge in [-0.25, -0.2) is 0 Å². The van der Waals surface area contributed by atoms with Crippen LogP contribution in [-0.4, -0.2) is 43.0 Å². The summed E-state index contributed by atoms with van der Waals surface area (Å²) in [6, 6.07) is 10.6. The van der Waals surface area contributed by atoms with E-state index in [0.29, 0.717) is 41.0 Å². The van der Waals surface area contributed by atoms with Crippen molar-refractivity contribution in [2.45, 2.75) is 32.1 Å². The first-order valence-electron chi connectivity index (χ1n) is 10.4. The van der Waals surface area contributed by atoms with Crippen molar-refractivity contribution in [1.29, 1.82) is 0 Å². The lowest BCUT2D eigenvalue weighted by molar-refractivity contribution is -0.115. The number of piperidine rings is 1. The highest BCUT2D eigenvalue weighted by atomic mass is 35.5. The number of hydrogen-bond acceptors (Lipinski definition) is 4. The number of fused-ring (bicyclic) bond motifs is 1. The molecule has 6 nitrogen and oxygen atoms in total. The summed E-state index contributed by atoms with van der Waals surface area (Å²) in [5.41, 5.74) is 1.93. The summed E-state index contributed by atoms with van der Waals surface area (Å²) in [6.07, 6.45) is 4.18. The molecule has 0 radical (unpaired) electrons. The zero-order chi connectivity index (χ0) is 20.9. The Bertz CT molecular complexity index is 941. The average Bonchev–Trinajstić information content (AvgIpc) is 3.00. The molecule has 30 heavy (non-hydrogen) atoms. The van der Waals surface area contributed by atoms with E-state index in [0.717, 1.165) is 37.9 Å². The molecule has 0 unspecified atom stereocenters. The Balaban J connectivity index is 1.42. The van der Waals surface area contributed by atoms with Gasteiger partial charge in [-0.15, -0.1) is 0 Å². The minimum atomic E-state index is -0.192. The van der Waals surface area contributed by atoms with E-state index >= 15 is 0 Å². The van der Waals surface area contributed by atoms with Crippen LogP contribution in [0.25, 0.3) is 0 Å². The lowest BCUT2D eigenvalue weighted by Crippen LogP contribution is -2.35. The van der Waals surface area contributed by atoms with E-state index < -0.39 is 0 Å². The summed E-state index contributed by atoms with van der Waals surface area (Å²) in [5, 5.41) is 3.31. The van der Waals surface area contributed by atoms with Gasteiger partial charge in [0.15, 0.2) is 11.5 Å². The van der Waals surface area contributed by atoms with Gasteiger partial charge in [0.1, 0.15) is 0 Å². The Morgan fingerprint density at radius 3 is 2.63 bits per heavy atom. The second-order valence-corrected chi connectivity index (χ2v) is 8.02. The fourth-order valence-electron chi connectivity index (χ4n) is 3.79. The first-order chi connectivity index (χ1) is 14.6. The van der Waals surface area contributed by atoms with Crippen LogP contribution in [0.1, 0.15) is 41.6 Å². The average molecular weight is 429 g/mol. The van der Waals surface area contributed by atoms with Gasteiger partial charge in [0.2, 0.25) is 5.91 Å². The van der Waals surface area contributed by atoms with Crippen LogP contribution in [0.3, 0.4) is 0 Å². The first kappa shape index (κ1) is 20.5. The minimum absolute atomic E-state index is 0.0143. The number of amides is 2. The topological polar surface area (TPSA) is 67.9 Å². The highest BCUT2D eigenvalue weighted by Gasteiger charge is 2.19. The van der Waals surface area contributed by atoms with Crippen LogP contribution in [0.5, 0.6) is 11.5 Å². The molecule has 2 amide bonds. The molecule has 1 N–H and O–H groups in total. The van der Waals surface area contributed by atoms with Crippen molar-refractivity contribution < 1.29 is 19.1 Å². The predicted molar refractivity (Wildman–Crippen MR) is 116 cm³/mol. The monoisotopic (exact) mass is 428 g/mol. The maximum Gasteiger partial charge on any atom is 0.253 e. The number of likely N-dealkylation sites (tertiary alicyclic amines) is 1. The third-order valence-electron chi connectivity index (χ3n) is 5.26. The van der Waals surface area contributed by atoms with E-state index in [4.69, 9.17) is 21.1 Å². The van der Waals surface area contributed by atoms with Crippen molar-refractivity contribution in [3.05, 3.63) is 52.5 Å². The number of anilines is 1. The van der Waals surface area contributed by atoms with Crippen LogP contribution in [0, 0.1) is 0 Å². The van der Waals surface area contributed by atoms with Crippen LogP contribution in [0.15, 0.2) is 36.4 Å². The molecule has 1 saturated heterocycles. The molecule has 2 aliphatic rings. The molecule has 7 heteroatoms. The Hall–Kier alpha value is -2.73. The van der Waals surface area contributed by atoms with E-state index in [1.54, 1.807) is 36.4 Å². The zero-order valence-electron chi connectivity index (χ0n) is 16.8. The van der Waals surface area contributed by atoms with Crippen LogP contribution in [0.2, 0.25) is 5.02 Å². The standard InChI is InChI=1S/C23H25ClN2O4/c24-19-12-16(13-20-22(19)30-11-5-10-29-20)14-21(27)25-18-7-4-6-17(15-18)23(28)26-8-2-1-3-9-26/h4,6-7,12-13,15H,1-3,5,8-11,14H2,(H,25,27). The number of ether oxygens (including phenoxy) is 2. The second-order valence-electron chi connectivity index (χ2n) is 7.61. The number of benzene rings is 2. The smallest absolute Gasteiger partial charge is 0.253 e. The van der Waals surface area contributed by atoms with Gasteiger partial charge in [-0.2, -0.15) is 0 Å². The quantitative estimate of drug-likeness (QED) is 0.787. The lowest BCUT2D eigenvalue weighted by Gasteiger charge is -2.26. The first-order valence-corrected chi connectivity index (χ1v) is 10.8. The van der Waals surface area contributed by atoms with Crippen molar-refractivity contribution in [3.8, 4) is 11.5 Å². The molecular weight excluding hydrogens is 404 g/mol. The van der Waals surface area contributed by atoms with E-state index in [1.807, 2.05) is 4.90 Å². The zero-order valence-corrected chi connectivity index (χ0v) is 17.5. The van der Waals surface area contributed by atoms with Gasteiger partial charge in [-0.1, -0.05) is 17.7 Å². The number of carbonyl (C=O) groups excluding carboxylic acids is 2. The molecule has 2 aromatic rings. The van der Waals surface area contributed by atoms with Crippen LogP contribution in [0.4, 0.5) is 5.69 Å². The van der Waals surface area contributed by atoms with E-state index in [1.165, 1.54) is 6.42 Å². The fraction of sp³-hybridized carbons (Fsp3) is 0.391. The summed E-state index contributed by atoms with van der Waals surface area (Å²) in [6.45, 7) is 2.69. The molecule has 0 saturated carbocycles. The molecule has 1 fully saturated rings. The Morgan fingerprint density at radius 2 is 1.80 bits per heavy atom. The highest BCUT2D eigenvalue weighted by molar-refractivity contribution is 6.32. The van der Waals surface area contributed by atoms with Crippen LogP contribution >= 0.6 is 11.6 Å². The van der Waals surface area contributed by atoms with Crippen LogP contribution in [-0.2, 0) is 11.2 Å². The molecule has 0 aliphatic carbocycles. The minimum Gasteiger partial charge on any atom is -0.489 e. The predicted octanol–water partition coefficient (Wildman–Crippen LogP) is 4.31. The molecule has 0 spiro atoms. The molecule has 0 aromatic heterocycles. The van der Waals surface area contributed by atoms with Crippen molar-refractivity contribution in [2.75, 3.05) is 31.6 Å². The van der Waals surface area contributed by atoms with Crippen LogP contribution < -0.4 is 14.8 Å². The molecule has 2 aliphatic heterocycles. The van der Waals surface area contributed by atoms with Gasteiger partial charge < -0.3 is 19.7 Å². The third kappa shape index (κ3) is 4.87. The van der Waals surface area contributed by atoms with E-state index in [9.17, 15) is 9.59 Å². The lowest BCUT2D eigenvalue weighted by atomic mass is 10.1. The fourth-order valence-corrected chi connectivity index (χ4v) is 4.07. The largest absolute Gasteiger partial charge is 0.489 e. The molecule has 0 bridgehead atoms. The molecule has 158 valence electrons. The van der Waals surface area contributed by atoms with Crippen molar-refractivity contribution in [1.82, 2.24) is 4.90 Å². The van der Waals surface area contributed by atoms with E-state index in [2.05, 4.69) is 5.32 Å². The van der Waals surface area contributed by atoms with Gasteiger partial charge in [0.25, 0.3) is 5.91 Å². The summed E-state index contributed by atoms with van der Waals surface area (Å²) >= 11 is 6.31. The van der Waals surface area contributed by atoms with Crippen molar-refractivity contribution >= 4 is 29.1 Å². The molecular formula is C23H25ClN2O4. The van der Waals surface area contributed by atoms with Gasteiger partial charge >= 0.3 is 0 Å². The Morgan fingerprint density at radius 1 is 1.00 bits per heavy atom. The van der Waals surface area contributed by atoms with Gasteiger partial charge in [0, 0.05) is 30.8 Å². The summed E-state index contributed by atoms with van der Waals surface area (Å²) in [7, 11) is 0. The molecule has 2 aromatic carbocycles. The molecule has 0 atom stereocenters. The number of halogens is 1. The number of carbonyl (C=O) groups is 2. The number of rotatable bonds is 4. The summed E-state index contributed by atoms with van der Waals surface area (Å²) in [4.78, 5) is 27.2. The van der Waals surface area contributed by atoms with E-state index in [-0.39, 0.29) is 18.2 Å². The number of nitrogens with zero attached hydrogens (tertiary/aromatic N) is 1. The Labute approximate surface area is 181 Å². The van der Waals surface area contributed by atoms with Gasteiger partial charge in [-0.05, 0) is 55.2 Å². The number of hydrogen-bond donors (Lipinski definition) is 1. The van der Waals surface area contributed by atoms with Crippen molar-refractivity contribution in [2.24, 2.45) is 0 Å². The third-order valence-corrected chi connectivity index (χ3v) is 5.54. The van der Waals surface area contributed by atoms with Gasteiger partial charge in [-0.3, -0.25) is 9.59 Å². The maximum atomic E-state index is 12.7. The van der Waals surface area contributed by atoms with Gasteiger partial charge in [0.05, 0.1) is 24.7 Å². The second kappa shape index (κ2) is 9.39. The molecule has 4 rings (SSSR count). The SMILES string of the molecule is O=C(Cc1cc(Cl)c2c(c1)OCCCO2)Nc1cccc(C(=O)N2CCCCC2)c1. The van der Waals surface area contributed by atoms with Crippen molar-refractivity contribution in [3.63, 3.8) is 0 Å². The summed E-state index contributed by atoms with van der Waals surface area (Å²) < 4.78 is 11.3. The number of nitrogens with one attached hydrogen (secondary N) is 1. The normalized spacial score (nSPS) is 16.0. The highest BCUT2D eigenvalue weighted by Crippen LogP contribution is 2.38. The Kier molecular flexibility index (Phi) is 6.43.